The van der Waals surface area contributed by atoms with Crippen molar-refractivity contribution >= 4 is 39.1 Å². The monoisotopic (exact) mass is 563 g/mol. The molecule has 1 fully saturated rings. The van der Waals surface area contributed by atoms with Crippen LogP contribution in [-0.4, -0.2) is 57.1 Å². The maximum absolute atomic E-state index is 13.8. The van der Waals surface area contributed by atoms with Crippen molar-refractivity contribution in [3.8, 4) is 5.75 Å². The lowest BCUT2D eigenvalue weighted by atomic mass is 9.95. The molecule has 0 heterocycles. The Morgan fingerprint density at radius 3 is 2.32 bits per heavy atom. The van der Waals surface area contributed by atoms with Gasteiger partial charge in [0.1, 0.15) is 18.3 Å². The van der Waals surface area contributed by atoms with Crippen LogP contribution in [0.1, 0.15) is 56.6 Å². The minimum atomic E-state index is -3.85. The largest absolute Gasteiger partial charge is 0.495 e. The van der Waals surface area contributed by atoms with E-state index in [1.165, 1.54) is 24.1 Å². The van der Waals surface area contributed by atoms with E-state index in [1.54, 1.807) is 6.07 Å². The predicted octanol–water partition coefficient (Wildman–Crippen LogP) is 4.68. The van der Waals surface area contributed by atoms with Gasteiger partial charge in [0.25, 0.3) is 0 Å². The highest BCUT2D eigenvalue weighted by Gasteiger charge is 2.33. The van der Waals surface area contributed by atoms with E-state index in [0.29, 0.717) is 12.2 Å². The first kappa shape index (κ1) is 29.8. The topological polar surface area (TPSA) is 96.0 Å². The Labute approximate surface area is 231 Å². The smallest absolute Gasteiger partial charge is 0.244 e. The summed E-state index contributed by atoms with van der Waals surface area (Å²) in [6.45, 7) is 3.54. The first-order valence-corrected chi connectivity index (χ1v) is 15.2. The summed E-state index contributed by atoms with van der Waals surface area (Å²) >= 11 is 6.26. The maximum atomic E-state index is 13.8. The zero-order valence-electron chi connectivity index (χ0n) is 22.6. The van der Waals surface area contributed by atoms with Gasteiger partial charge in [0.15, 0.2) is 0 Å². The standard InChI is InChI=1S/C28H38ClN3O5S/c1-5-25(28(34)30-22-9-7-6-8-10-22)31(18-21-13-11-20(2)12-14-21)27(33)19-32(38(4,35)36)23-15-16-26(37-3)24(29)17-23/h11-17,22,25H,5-10,18-19H2,1-4H3,(H,30,34)/t25-/m0/s1. The summed E-state index contributed by atoms with van der Waals surface area (Å²) in [5.41, 5.74) is 2.17. The van der Waals surface area contributed by atoms with Crippen LogP contribution in [0.3, 0.4) is 0 Å². The number of ether oxygens (including phenoxy) is 1. The Morgan fingerprint density at radius 2 is 1.76 bits per heavy atom. The molecule has 0 aromatic heterocycles. The average Bonchev–Trinajstić information content (AvgIpc) is 2.88. The normalized spacial score (nSPS) is 15.0. The van der Waals surface area contributed by atoms with Crippen molar-refractivity contribution in [2.45, 2.75) is 71.0 Å². The van der Waals surface area contributed by atoms with Crippen LogP contribution in [0.2, 0.25) is 5.02 Å². The number of hydrogen-bond donors (Lipinski definition) is 1. The molecule has 0 bridgehead atoms. The molecule has 0 aliphatic heterocycles. The van der Waals surface area contributed by atoms with Gasteiger partial charge in [-0.2, -0.15) is 0 Å². The Balaban J connectivity index is 1.92. The molecular weight excluding hydrogens is 526 g/mol. The lowest BCUT2D eigenvalue weighted by molar-refractivity contribution is -0.140. The number of benzene rings is 2. The van der Waals surface area contributed by atoms with Gasteiger partial charge < -0.3 is 15.0 Å². The van der Waals surface area contributed by atoms with E-state index in [0.717, 1.165) is 53.8 Å². The molecule has 208 valence electrons. The van der Waals surface area contributed by atoms with Crippen LogP contribution in [0.25, 0.3) is 0 Å². The molecule has 3 rings (SSSR count). The maximum Gasteiger partial charge on any atom is 0.244 e. The molecule has 0 spiro atoms. The van der Waals surface area contributed by atoms with Gasteiger partial charge in [0, 0.05) is 12.6 Å². The van der Waals surface area contributed by atoms with E-state index in [4.69, 9.17) is 16.3 Å². The molecule has 2 aromatic carbocycles. The number of rotatable bonds is 11. The fourth-order valence-corrected chi connectivity index (χ4v) is 5.87. The molecule has 0 saturated heterocycles. The molecule has 1 atom stereocenters. The molecular formula is C28H38ClN3O5S. The SMILES string of the molecule is CC[C@@H](C(=O)NC1CCCCC1)N(Cc1ccc(C)cc1)C(=O)CN(c1ccc(OC)c(Cl)c1)S(C)(=O)=O. The van der Waals surface area contributed by atoms with Gasteiger partial charge in [-0.05, 0) is 49.9 Å². The van der Waals surface area contributed by atoms with Gasteiger partial charge in [-0.15, -0.1) is 0 Å². The number of halogens is 1. The molecule has 1 aliphatic carbocycles. The van der Waals surface area contributed by atoms with Crippen LogP contribution in [0, 0.1) is 6.92 Å². The molecule has 0 unspecified atom stereocenters. The second-order valence-corrected chi connectivity index (χ2v) is 12.2. The van der Waals surface area contributed by atoms with Crippen molar-refractivity contribution in [3.63, 3.8) is 0 Å². The van der Waals surface area contributed by atoms with E-state index in [2.05, 4.69) is 5.32 Å². The van der Waals surface area contributed by atoms with Crippen LogP contribution in [0.15, 0.2) is 42.5 Å². The van der Waals surface area contributed by atoms with Gasteiger partial charge in [-0.1, -0.05) is 67.6 Å². The van der Waals surface area contributed by atoms with Gasteiger partial charge in [-0.3, -0.25) is 13.9 Å². The number of sulfonamides is 1. The fraction of sp³-hybridized carbons (Fsp3) is 0.500. The van der Waals surface area contributed by atoms with Crippen LogP contribution in [-0.2, 0) is 26.2 Å². The van der Waals surface area contributed by atoms with E-state index in [9.17, 15) is 18.0 Å². The minimum Gasteiger partial charge on any atom is -0.495 e. The molecule has 2 amide bonds. The van der Waals surface area contributed by atoms with E-state index in [1.807, 2.05) is 38.1 Å². The minimum absolute atomic E-state index is 0.0931. The fourth-order valence-electron chi connectivity index (χ4n) is 4.78. The van der Waals surface area contributed by atoms with Gasteiger partial charge in [-0.25, -0.2) is 8.42 Å². The van der Waals surface area contributed by atoms with Crippen molar-refractivity contribution in [1.29, 1.82) is 0 Å². The summed E-state index contributed by atoms with van der Waals surface area (Å²) in [5, 5.41) is 3.36. The summed E-state index contributed by atoms with van der Waals surface area (Å²) in [4.78, 5) is 28.8. The van der Waals surface area contributed by atoms with Crippen molar-refractivity contribution in [3.05, 3.63) is 58.6 Å². The second-order valence-electron chi connectivity index (χ2n) is 9.86. The quantitative estimate of drug-likeness (QED) is 0.428. The molecule has 2 aromatic rings. The number of methoxy groups -OCH3 is 1. The second kappa shape index (κ2) is 13.3. The van der Waals surface area contributed by atoms with E-state index >= 15 is 0 Å². The van der Waals surface area contributed by atoms with Crippen molar-refractivity contribution in [2.75, 3.05) is 24.2 Å². The first-order chi connectivity index (χ1) is 18.0. The number of amides is 2. The molecule has 1 N–H and O–H groups in total. The lowest BCUT2D eigenvalue weighted by Crippen LogP contribution is -2.53. The number of anilines is 1. The van der Waals surface area contributed by atoms with Gasteiger partial charge >= 0.3 is 0 Å². The summed E-state index contributed by atoms with van der Waals surface area (Å²) in [6, 6.07) is 11.6. The molecule has 1 aliphatic rings. The Kier molecular flexibility index (Phi) is 10.4. The lowest BCUT2D eigenvalue weighted by Gasteiger charge is -2.34. The van der Waals surface area contributed by atoms with Crippen molar-refractivity contribution < 1.29 is 22.7 Å². The van der Waals surface area contributed by atoms with Crippen LogP contribution >= 0.6 is 11.6 Å². The summed E-state index contributed by atoms with van der Waals surface area (Å²) in [6.07, 6.45) is 6.59. The molecule has 8 nitrogen and oxygen atoms in total. The molecule has 1 saturated carbocycles. The van der Waals surface area contributed by atoms with Gasteiger partial charge in [0.05, 0.1) is 24.1 Å². The van der Waals surface area contributed by atoms with Crippen LogP contribution in [0.4, 0.5) is 5.69 Å². The Hall–Kier alpha value is -2.78. The summed E-state index contributed by atoms with van der Waals surface area (Å²) < 4.78 is 31.8. The highest BCUT2D eigenvalue weighted by Crippen LogP contribution is 2.30. The number of nitrogens with zero attached hydrogens (tertiary/aromatic N) is 2. The number of nitrogens with one attached hydrogen (secondary N) is 1. The Morgan fingerprint density at radius 1 is 1.11 bits per heavy atom. The number of hydrogen-bond acceptors (Lipinski definition) is 5. The van der Waals surface area contributed by atoms with E-state index < -0.39 is 28.5 Å². The third-order valence-corrected chi connectivity index (χ3v) is 8.35. The molecule has 0 radical (unpaired) electrons. The highest BCUT2D eigenvalue weighted by atomic mass is 35.5. The zero-order chi connectivity index (χ0) is 27.9. The number of carbonyl (C=O) groups excluding carboxylic acids is 2. The van der Waals surface area contributed by atoms with Crippen LogP contribution < -0.4 is 14.4 Å². The van der Waals surface area contributed by atoms with Crippen molar-refractivity contribution in [2.24, 2.45) is 0 Å². The predicted molar refractivity (Wildman–Crippen MR) is 151 cm³/mol. The summed E-state index contributed by atoms with van der Waals surface area (Å²) in [7, 11) is -2.39. The molecule has 38 heavy (non-hydrogen) atoms. The van der Waals surface area contributed by atoms with Crippen molar-refractivity contribution in [1.82, 2.24) is 10.2 Å². The Bertz CT molecular complexity index is 1210. The molecule has 10 heteroatoms. The van der Waals surface area contributed by atoms with Crippen LogP contribution in [0.5, 0.6) is 5.75 Å². The third kappa shape index (κ3) is 7.86. The third-order valence-electron chi connectivity index (χ3n) is 6.91. The number of aryl methyl sites for hydroxylation is 1. The zero-order valence-corrected chi connectivity index (χ0v) is 24.1. The summed E-state index contributed by atoms with van der Waals surface area (Å²) in [5.74, 6) is -0.298. The first-order valence-electron chi connectivity index (χ1n) is 13.0. The number of carbonyl (C=O) groups is 2. The van der Waals surface area contributed by atoms with Gasteiger partial charge in [0.2, 0.25) is 21.8 Å². The average molecular weight is 564 g/mol. The highest BCUT2D eigenvalue weighted by molar-refractivity contribution is 7.92. The van der Waals surface area contributed by atoms with E-state index in [-0.39, 0.29) is 29.2 Å².